The first-order valence-corrected chi connectivity index (χ1v) is 10.4. The molecular formula is C25H24N2O4. The first-order valence-electron chi connectivity index (χ1n) is 10.4. The molecule has 0 amide bonds. The lowest BCUT2D eigenvalue weighted by Gasteiger charge is -2.34. The van der Waals surface area contributed by atoms with Gasteiger partial charge in [-0.1, -0.05) is 35.5 Å². The van der Waals surface area contributed by atoms with Crippen molar-refractivity contribution >= 4 is 11.7 Å². The number of Topliss-reactive ketones (excluding diaryl/α,β-unsaturated/α-hetero) is 1. The molecule has 1 aromatic heterocycles. The Labute approximate surface area is 180 Å². The number of benzene rings is 2. The Hall–Kier alpha value is -3.54. The number of rotatable bonds is 4. The number of ether oxygens (including phenoxy) is 2. The smallest absolute Gasteiger partial charge is 0.233 e. The lowest BCUT2D eigenvalue weighted by atomic mass is 9.72. The fourth-order valence-corrected chi connectivity index (χ4v) is 4.83. The molecule has 31 heavy (non-hydrogen) atoms. The fourth-order valence-electron chi connectivity index (χ4n) is 4.83. The van der Waals surface area contributed by atoms with Gasteiger partial charge >= 0.3 is 0 Å². The van der Waals surface area contributed by atoms with Crippen LogP contribution in [0.2, 0.25) is 0 Å². The highest BCUT2D eigenvalue weighted by molar-refractivity contribution is 6.01. The van der Waals surface area contributed by atoms with Crippen molar-refractivity contribution in [1.82, 2.24) is 5.16 Å². The van der Waals surface area contributed by atoms with Gasteiger partial charge in [0, 0.05) is 35.1 Å². The summed E-state index contributed by atoms with van der Waals surface area (Å²) in [5.74, 6) is 2.05. The molecule has 1 N–H and O–H groups in total. The van der Waals surface area contributed by atoms with E-state index in [1.54, 1.807) is 14.2 Å². The summed E-state index contributed by atoms with van der Waals surface area (Å²) in [6.45, 7) is 1.92. The van der Waals surface area contributed by atoms with E-state index in [9.17, 15) is 4.79 Å². The highest BCUT2D eigenvalue weighted by atomic mass is 16.5. The summed E-state index contributed by atoms with van der Waals surface area (Å²) in [4.78, 5) is 13.6. The number of nitrogens with zero attached hydrogens (tertiary/aromatic N) is 1. The number of fused-ring (bicyclic) bond motifs is 1. The van der Waals surface area contributed by atoms with Crippen LogP contribution >= 0.6 is 0 Å². The van der Waals surface area contributed by atoms with Crippen molar-refractivity contribution < 1.29 is 18.8 Å². The largest absolute Gasteiger partial charge is 0.497 e. The molecule has 2 atom stereocenters. The normalized spacial score (nSPS) is 20.0. The highest BCUT2D eigenvalue weighted by Gasteiger charge is 2.41. The molecule has 0 unspecified atom stereocenters. The monoisotopic (exact) mass is 416 g/mol. The van der Waals surface area contributed by atoms with Crippen molar-refractivity contribution in [3.63, 3.8) is 0 Å². The minimum absolute atomic E-state index is 0.0224. The zero-order valence-corrected chi connectivity index (χ0v) is 17.8. The number of methoxy groups -OCH3 is 2. The van der Waals surface area contributed by atoms with Crippen LogP contribution in [0.1, 0.15) is 47.1 Å². The van der Waals surface area contributed by atoms with E-state index in [-0.39, 0.29) is 17.6 Å². The van der Waals surface area contributed by atoms with E-state index in [0.717, 1.165) is 45.2 Å². The molecule has 1 aliphatic carbocycles. The van der Waals surface area contributed by atoms with Gasteiger partial charge in [-0.2, -0.15) is 0 Å². The Morgan fingerprint density at radius 1 is 1.06 bits per heavy atom. The Kier molecular flexibility index (Phi) is 4.77. The molecule has 1 aliphatic heterocycles. The van der Waals surface area contributed by atoms with Crippen molar-refractivity contribution in [3.05, 3.63) is 82.2 Å². The summed E-state index contributed by atoms with van der Waals surface area (Å²) in [6.07, 6.45) is 1.08. The lowest BCUT2D eigenvalue weighted by molar-refractivity contribution is -0.116. The van der Waals surface area contributed by atoms with Crippen molar-refractivity contribution in [2.24, 2.45) is 0 Å². The van der Waals surface area contributed by atoms with Crippen LogP contribution in [0, 0.1) is 6.92 Å². The van der Waals surface area contributed by atoms with Gasteiger partial charge in [0.2, 0.25) is 5.88 Å². The van der Waals surface area contributed by atoms with Crippen molar-refractivity contribution in [2.45, 2.75) is 31.6 Å². The fraction of sp³-hybridized carbons (Fsp3) is 0.280. The van der Waals surface area contributed by atoms with Crippen molar-refractivity contribution in [1.29, 1.82) is 0 Å². The van der Waals surface area contributed by atoms with Gasteiger partial charge in [0.25, 0.3) is 0 Å². The molecule has 0 saturated carbocycles. The van der Waals surface area contributed by atoms with Crippen LogP contribution in [0.5, 0.6) is 11.5 Å². The molecule has 0 fully saturated rings. The van der Waals surface area contributed by atoms with Gasteiger partial charge in [0.1, 0.15) is 11.5 Å². The van der Waals surface area contributed by atoms with E-state index in [1.165, 1.54) is 0 Å². The second-order valence-electron chi connectivity index (χ2n) is 8.01. The maximum atomic E-state index is 13.6. The molecule has 3 aromatic rings. The van der Waals surface area contributed by atoms with Gasteiger partial charge in [-0.3, -0.25) is 4.79 Å². The zero-order valence-electron chi connectivity index (χ0n) is 17.8. The third-order valence-electron chi connectivity index (χ3n) is 6.27. The molecule has 0 spiro atoms. The van der Waals surface area contributed by atoms with Gasteiger partial charge in [-0.15, -0.1) is 0 Å². The van der Waals surface area contributed by atoms with Crippen LogP contribution in [0.3, 0.4) is 0 Å². The van der Waals surface area contributed by atoms with Gasteiger partial charge in [-0.05, 0) is 37.1 Å². The maximum Gasteiger partial charge on any atom is 0.233 e. The summed E-state index contributed by atoms with van der Waals surface area (Å²) < 4.78 is 16.6. The average Bonchev–Trinajstić information content (AvgIpc) is 3.17. The molecule has 2 heterocycles. The van der Waals surface area contributed by atoms with E-state index < -0.39 is 0 Å². The summed E-state index contributed by atoms with van der Waals surface area (Å²) in [7, 11) is 3.29. The van der Waals surface area contributed by atoms with E-state index in [1.807, 2.05) is 43.3 Å². The molecule has 5 rings (SSSR count). The minimum Gasteiger partial charge on any atom is -0.497 e. The summed E-state index contributed by atoms with van der Waals surface area (Å²) in [5.41, 5.74) is 5.48. The van der Waals surface area contributed by atoms with E-state index in [2.05, 4.69) is 22.6 Å². The number of ketones is 1. The number of anilines is 1. The molecule has 0 saturated heterocycles. The number of carbonyl (C=O) groups is 1. The number of carbonyl (C=O) groups excluding carboxylic acids is 1. The van der Waals surface area contributed by atoms with Gasteiger partial charge in [0.05, 0.1) is 25.5 Å². The number of allylic oxidation sites excluding steroid dienone is 2. The summed E-state index contributed by atoms with van der Waals surface area (Å²) >= 11 is 0. The molecule has 0 radical (unpaired) electrons. The molecule has 158 valence electrons. The van der Waals surface area contributed by atoms with Crippen molar-refractivity contribution in [2.75, 3.05) is 19.5 Å². The Balaban J connectivity index is 1.61. The number of hydrogen-bond acceptors (Lipinski definition) is 6. The second-order valence-corrected chi connectivity index (χ2v) is 8.01. The number of hydrogen-bond donors (Lipinski definition) is 1. The van der Waals surface area contributed by atoms with E-state index >= 15 is 0 Å². The topological polar surface area (TPSA) is 73.6 Å². The van der Waals surface area contributed by atoms with Crippen LogP contribution in [-0.2, 0) is 4.79 Å². The third-order valence-corrected chi connectivity index (χ3v) is 6.27. The van der Waals surface area contributed by atoms with Crippen LogP contribution in [0.25, 0.3) is 0 Å². The highest BCUT2D eigenvalue weighted by Crippen LogP contribution is 2.50. The van der Waals surface area contributed by atoms with Crippen molar-refractivity contribution in [3.8, 4) is 11.5 Å². The summed E-state index contributed by atoms with van der Waals surface area (Å²) in [6, 6.07) is 15.8. The van der Waals surface area contributed by atoms with Gasteiger partial charge in [-0.25, -0.2) is 0 Å². The van der Waals surface area contributed by atoms with Gasteiger partial charge < -0.3 is 19.3 Å². The van der Waals surface area contributed by atoms with Gasteiger partial charge in [0.15, 0.2) is 5.78 Å². The van der Waals surface area contributed by atoms with Crippen LogP contribution in [0.4, 0.5) is 5.88 Å². The Morgan fingerprint density at radius 2 is 1.87 bits per heavy atom. The SMILES string of the molecule is COc1ccc(OC)c([C@H]2CC(=O)C3=C(C2)Nc2onc(C)c2[C@H]3c2ccccc2)c1. The first-order chi connectivity index (χ1) is 15.1. The summed E-state index contributed by atoms with van der Waals surface area (Å²) in [5, 5.41) is 7.55. The quantitative estimate of drug-likeness (QED) is 0.648. The minimum atomic E-state index is -0.181. The molecule has 2 aromatic carbocycles. The predicted molar refractivity (Wildman–Crippen MR) is 117 cm³/mol. The van der Waals surface area contributed by atoms with Crippen LogP contribution in [-0.4, -0.2) is 25.2 Å². The molecule has 6 nitrogen and oxygen atoms in total. The molecule has 2 aliphatic rings. The standard InChI is InChI=1S/C25H24N2O4/c1-14-22-23(15-7-5-4-6-8-15)24-19(26-25(22)31-27-14)11-16(12-20(24)28)18-13-17(29-2)9-10-21(18)30-3/h4-10,13,16,23,26H,11-12H2,1-3H3/t16-,23-/m1/s1. The maximum absolute atomic E-state index is 13.6. The first kappa shape index (κ1) is 19.4. The Bertz CT molecular complexity index is 1180. The van der Waals surface area contributed by atoms with E-state index in [0.29, 0.717) is 18.7 Å². The predicted octanol–water partition coefficient (Wildman–Crippen LogP) is 4.96. The van der Waals surface area contributed by atoms with E-state index in [4.69, 9.17) is 14.0 Å². The third kappa shape index (κ3) is 3.19. The lowest BCUT2D eigenvalue weighted by Crippen LogP contribution is -2.29. The number of aromatic nitrogens is 1. The molecular weight excluding hydrogens is 392 g/mol. The zero-order chi connectivity index (χ0) is 21.5. The average molecular weight is 416 g/mol. The van der Waals surface area contributed by atoms with Crippen LogP contribution in [0.15, 0.2) is 64.3 Å². The molecule has 0 bridgehead atoms. The molecule has 6 heteroatoms. The Morgan fingerprint density at radius 3 is 2.61 bits per heavy atom. The second kappa shape index (κ2) is 7.61. The number of nitrogens with one attached hydrogen (secondary N) is 1. The number of aryl methyl sites for hydroxylation is 1. The van der Waals surface area contributed by atoms with Crippen LogP contribution < -0.4 is 14.8 Å².